The Morgan fingerprint density at radius 2 is 1.16 bits per heavy atom. The summed E-state index contributed by atoms with van der Waals surface area (Å²) in [6, 6.07) is 58.4. The van der Waals surface area contributed by atoms with Crippen LogP contribution in [0.15, 0.2) is 164 Å². The predicted molar refractivity (Wildman–Crippen MR) is 205 cm³/mol. The molecule has 0 bridgehead atoms. The zero-order valence-electron chi connectivity index (χ0n) is 27.4. The van der Waals surface area contributed by atoms with Gasteiger partial charge in [-0.1, -0.05) is 146 Å². The van der Waals surface area contributed by atoms with E-state index in [9.17, 15) is 0 Å². The molecule has 9 aromatic rings. The van der Waals surface area contributed by atoms with Crippen LogP contribution in [0.1, 0.15) is 29.3 Å². The van der Waals surface area contributed by atoms with Gasteiger partial charge in [0.1, 0.15) is 5.82 Å². The van der Waals surface area contributed by atoms with E-state index in [0.29, 0.717) is 11.6 Å². The Morgan fingerprint density at radius 3 is 1.94 bits per heavy atom. The highest BCUT2D eigenvalue weighted by atomic mass is 15.0. The molecule has 2 aromatic heterocycles. The van der Waals surface area contributed by atoms with Gasteiger partial charge in [0.25, 0.3) is 0 Å². The minimum absolute atomic E-state index is 0.0856. The predicted octanol–water partition coefficient (Wildman–Crippen LogP) is 11.2. The molecule has 10 rings (SSSR count). The van der Waals surface area contributed by atoms with Crippen LogP contribution < -0.4 is 0 Å². The summed E-state index contributed by atoms with van der Waals surface area (Å²) in [4.78, 5) is 15.7. The number of para-hydroxylation sites is 1. The molecule has 236 valence electrons. The molecule has 0 fully saturated rings. The Bertz CT molecular complexity index is 2650. The maximum atomic E-state index is 5.33. The fraction of sp³-hybridized carbons (Fsp3) is 0.0652. The van der Waals surface area contributed by atoms with Gasteiger partial charge < -0.3 is 4.57 Å². The van der Waals surface area contributed by atoms with Crippen molar-refractivity contribution in [3.63, 3.8) is 0 Å². The highest BCUT2D eigenvalue weighted by molar-refractivity contribution is 6.12. The lowest BCUT2D eigenvalue weighted by Gasteiger charge is -2.21. The average molecular weight is 641 g/mol. The Morgan fingerprint density at radius 1 is 0.500 bits per heavy atom. The van der Waals surface area contributed by atoms with Crippen LogP contribution in [0.3, 0.4) is 0 Å². The molecular formula is C46H32N4. The van der Waals surface area contributed by atoms with E-state index < -0.39 is 0 Å². The Labute approximate surface area is 290 Å². The number of hydrogen-bond donors (Lipinski definition) is 0. The number of aryl methyl sites for hydroxylation is 1. The zero-order valence-corrected chi connectivity index (χ0v) is 27.4. The van der Waals surface area contributed by atoms with Crippen molar-refractivity contribution in [2.24, 2.45) is 0 Å². The number of fused-ring (bicyclic) bond motifs is 8. The summed E-state index contributed by atoms with van der Waals surface area (Å²) < 4.78 is 2.48. The second kappa shape index (κ2) is 11.6. The van der Waals surface area contributed by atoms with Gasteiger partial charge >= 0.3 is 0 Å². The zero-order chi connectivity index (χ0) is 33.0. The Kier molecular flexibility index (Phi) is 6.66. The average Bonchev–Trinajstić information content (AvgIpc) is 3.43. The maximum Gasteiger partial charge on any atom is 0.163 e. The van der Waals surface area contributed by atoms with Crippen LogP contribution in [-0.2, 0) is 6.42 Å². The van der Waals surface area contributed by atoms with Crippen molar-refractivity contribution >= 4 is 32.6 Å². The lowest BCUT2D eigenvalue weighted by Crippen LogP contribution is -2.12. The topological polar surface area (TPSA) is 43.6 Å². The fourth-order valence-electron chi connectivity index (χ4n) is 7.94. The van der Waals surface area contributed by atoms with Crippen molar-refractivity contribution in [1.29, 1.82) is 0 Å². The van der Waals surface area contributed by atoms with Gasteiger partial charge in [0, 0.05) is 33.5 Å². The molecule has 1 unspecified atom stereocenters. The first kappa shape index (κ1) is 28.6. The molecule has 0 saturated carbocycles. The molecule has 0 aliphatic heterocycles. The van der Waals surface area contributed by atoms with Crippen LogP contribution in [0.5, 0.6) is 0 Å². The quantitative estimate of drug-likeness (QED) is 0.192. The largest absolute Gasteiger partial charge is 0.309 e. The molecule has 0 spiro atoms. The summed E-state index contributed by atoms with van der Waals surface area (Å²) in [5.74, 6) is 2.10. The summed E-state index contributed by atoms with van der Waals surface area (Å²) in [6.07, 6.45) is 1.79. The van der Waals surface area contributed by atoms with E-state index in [2.05, 4.69) is 132 Å². The first-order valence-corrected chi connectivity index (χ1v) is 17.3. The van der Waals surface area contributed by atoms with E-state index in [-0.39, 0.29) is 5.92 Å². The summed E-state index contributed by atoms with van der Waals surface area (Å²) in [6.45, 7) is 0. The third-order valence-electron chi connectivity index (χ3n) is 10.3. The van der Waals surface area contributed by atoms with Crippen molar-refractivity contribution in [2.75, 3.05) is 0 Å². The molecule has 50 heavy (non-hydrogen) atoms. The molecular weight excluding hydrogens is 609 g/mol. The van der Waals surface area contributed by atoms with Crippen LogP contribution in [0.4, 0.5) is 0 Å². The molecule has 1 aliphatic rings. The molecule has 1 aliphatic carbocycles. The van der Waals surface area contributed by atoms with Gasteiger partial charge in [-0.05, 0) is 64.1 Å². The lowest BCUT2D eigenvalue weighted by atomic mass is 9.88. The minimum atomic E-state index is -0.0856. The van der Waals surface area contributed by atoms with Crippen molar-refractivity contribution in [3.8, 4) is 39.6 Å². The molecule has 0 amide bonds. The lowest BCUT2D eigenvalue weighted by molar-refractivity contribution is 0.679. The monoisotopic (exact) mass is 640 g/mol. The molecule has 4 nitrogen and oxygen atoms in total. The highest BCUT2D eigenvalue weighted by Crippen LogP contribution is 2.47. The Balaban J connectivity index is 1.32. The molecule has 7 aromatic carbocycles. The van der Waals surface area contributed by atoms with Gasteiger partial charge in [-0.2, -0.15) is 0 Å². The van der Waals surface area contributed by atoms with E-state index in [1.165, 1.54) is 54.8 Å². The van der Waals surface area contributed by atoms with E-state index in [1.807, 2.05) is 36.4 Å². The third kappa shape index (κ3) is 4.64. The first-order chi connectivity index (χ1) is 24.8. The highest BCUT2D eigenvalue weighted by Gasteiger charge is 2.31. The molecule has 2 heterocycles. The van der Waals surface area contributed by atoms with Crippen molar-refractivity contribution < 1.29 is 0 Å². The SMILES string of the molecule is c1ccc(-c2nc(-c3ccccc3)nc(C3CCc4ccccc4-c4ccc5c6ccccc6n(-c6ccc7ccccc7c6)c5c43)n2)cc1. The first-order valence-electron chi connectivity index (χ1n) is 17.3. The minimum Gasteiger partial charge on any atom is -0.309 e. The molecule has 0 radical (unpaired) electrons. The van der Waals surface area contributed by atoms with Gasteiger partial charge in [-0.15, -0.1) is 0 Å². The maximum absolute atomic E-state index is 5.33. The van der Waals surface area contributed by atoms with E-state index in [0.717, 1.165) is 35.5 Å². The molecule has 0 N–H and O–H groups in total. The van der Waals surface area contributed by atoms with Crippen LogP contribution in [-0.4, -0.2) is 19.5 Å². The number of hydrogen-bond acceptors (Lipinski definition) is 3. The van der Waals surface area contributed by atoms with Gasteiger partial charge in [-0.3, -0.25) is 0 Å². The fourth-order valence-corrected chi connectivity index (χ4v) is 7.94. The summed E-state index contributed by atoms with van der Waals surface area (Å²) in [5, 5.41) is 4.92. The van der Waals surface area contributed by atoms with E-state index >= 15 is 0 Å². The summed E-state index contributed by atoms with van der Waals surface area (Å²) in [5.41, 5.74) is 10.6. The van der Waals surface area contributed by atoms with Crippen molar-refractivity contribution in [1.82, 2.24) is 19.5 Å². The number of aromatic nitrogens is 4. The van der Waals surface area contributed by atoms with E-state index in [1.54, 1.807) is 0 Å². The van der Waals surface area contributed by atoms with Gasteiger partial charge in [0.05, 0.1) is 11.0 Å². The summed E-state index contributed by atoms with van der Waals surface area (Å²) >= 11 is 0. The number of nitrogens with zero attached hydrogens (tertiary/aromatic N) is 4. The summed E-state index contributed by atoms with van der Waals surface area (Å²) in [7, 11) is 0. The second-order valence-electron chi connectivity index (χ2n) is 13.1. The Hall–Kier alpha value is -6.39. The van der Waals surface area contributed by atoms with Crippen LogP contribution in [0.2, 0.25) is 0 Å². The van der Waals surface area contributed by atoms with Gasteiger partial charge in [0.15, 0.2) is 11.6 Å². The van der Waals surface area contributed by atoms with Crippen LogP contribution in [0.25, 0.3) is 72.2 Å². The second-order valence-corrected chi connectivity index (χ2v) is 13.1. The van der Waals surface area contributed by atoms with Crippen molar-refractivity contribution in [3.05, 3.63) is 181 Å². The molecule has 0 saturated heterocycles. The van der Waals surface area contributed by atoms with Crippen LogP contribution >= 0.6 is 0 Å². The van der Waals surface area contributed by atoms with Crippen LogP contribution in [0, 0.1) is 0 Å². The molecule has 4 heteroatoms. The normalized spacial score (nSPS) is 14.0. The smallest absolute Gasteiger partial charge is 0.163 e. The van der Waals surface area contributed by atoms with E-state index in [4.69, 9.17) is 15.0 Å². The number of rotatable bonds is 4. The van der Waals surface area contributed by atoms with Crippen molar-refractivity contribution in [2.45, 2.75) is 18.8 Å². The third-order valence-corrected chi connectivity index (χ3v) is 10.3. The standard InChI is InChI=1S/C46H32N4/c1-3-15-32(16-4-1)44-47-45(33-17-5-2-6-18-33)49-46(48-44)40-26-24-31-14-9-10-20-36(31)38-27-28-39-37-21-11-12-22-41(37)50(43(39)42(38)40)35-25-23-30-13-7-8-19-34(30)29-35/h1-23,25,27-29,40H,24,26H2. The molecule has 1 atom stereocenters. The number of benzene rings is 7. The van der Waals surface area contributed by atoms with Gasteiger partial charge in [-0.25, -0.2) is 15.0 Å². The van der Waals surface area contributed by atoms with Gasteiger partial charge in [0.2, 0.25) is 0 Å².